The minimum atomic E-state index is -0.379. The zero-order valence-electron chi connectivity index (χ0n) is 16.5. The Bertz CT molecular complexity index is 972. The maximum Gasteiger partial charge on any atom is 0.239 e. The number of amides is 1. The minimum absolute atomic E-state index is 0.0771. The topological polar surface area (TPSA) is 80.2 Å². The van der Waals surface area contributed by atoms with Crippen molar-refractivity contribution in [3.63, 3.8) is 0 Å². The van der Waals surface area contributed by atoms with Crippen molar-refractivity contribution in [3.8, 4) is 5.75 Å². The van der Waals surface area contributed by atoms with Crippen LogP contribution in [-0.2, 0) is 11.8 Å². The zero-order chi connectivity index (χ0) is 20.2. The van der Waals surface area contributed by atoms with Crippen molar-refractivity contribution < 1.29 is 9.53 Å². The van der Waals surface area contributed by atoms with Crippen LogP contribution in [0, 0.1) is 0 Å². The van der Waals surface area contributed by atoms with E-state index in [1.807, 2.05) is 60.3 Å². The zero-order valence-corrected chi connectivity index (χ0v) is 16.5. The lowest BCUT2D eigenvalue weighted by atomic mass is 10.0. The second-order valence-corrected chi connectivity index (χ2v) is 7.15. The minimum Gasteiger partial charge on any atom is -0.497 e. The first-order chi connectivity index (χ1) is 14.2. The molecule has 4 rings (SSSR count). The fourth-order valence-corrected chi connectivity index (χ4v) is 3.65. The van der Waals surface area contributed by atoms with Crippen LogP contribution in [0.2, 0.25) is 0 Å². The highest BCUT2D eigenvalue weighted by molar-refractivity contribution is 5.82. The molecular formula is C22H25N5O2. The molecule has 2 aromatic carbocycles. The number of carbonyl (C=O) groups is 1. The molecule has 3 N–H and O–H groups in total. The maximum absolute atomic E-state index is 13.1. The van der Waals surface area contributed by atoms with Gasteiger partial charge < -0.3 is 14.6 Å². The molecule has 1 amide bonds. The van der Waals surface area contributed by atoms with E-state index in [9.17, 15) is 4.79 Å². The number of nitrogens with one attached hydrogen (secondary N) is 3. The fourth-order valence-electron chi connectivity index (χ4n) is 3.65. The van der Waals surface area contributed by atoms with Crippen LogP contribution in [0.15, 0.2) is 67.0 Å². The van der Waals surface area contributed by atoms with Crippen LogP contribution < -0.4 is 20.9 Å². The van der Waals surface area contributed by atoms with Gasteiger partial charge in [-0.25, -0.2) is 15.8 Å². The van der Waals surface area contributed by atoms with Crippen molar-refractivity contribution in [1.29, 1.82) is 0 Å². The second-order valence-electron chi connectivity index (χ2n) is 7.15. The van der Waals surface area contributed by atoms with Gasteiger partial charge in [-0.3, -0.25) is 4.79 Å². The molecule has 1 aliphatic rings. The lowest BCUT2D eigenvalue weighted by Gasteiger charge is -2.21. The molecule has 2 heterocycles. The van der Waals surface area contributed by atoms with Crippen LogP contribution in [0.4, 0.5) is 0 Å². The van der Waals surface area contributed by atoms with Crippen LogP contribution in [0.1, 0.15) is 35.5 Å². The summed E-state index contributed by atoms with van der Waals surface area (Å²) in [5.41, 5.74) is 8.43. The van der Waals surface area contributed by atoms with Crippen molar-refractivity contribution in [1.82, 2.24) is 25.7 Å². The normalized spacial score (nSPS) is 19.7. The molecule has 0 radical (unpaired) electrons. The average Bonchev–Trinajstić information content (AvgIpc) is 3.42. The molecule has 3 aromatic rings. The molecule has 7 heteroatoms. The van der Waals surface area contributed by atoms with E-state index in [1.54, 1.807) is 13.3 Å². The Hall–Kier alpha value is -3.16. The maximum atomic E-state index is 13.1. The number of hydrazine groups is 1. The molecule has 29 heavy (non-hydrogen) atoms. The average molecular weight is 391 g/mol. The van der Waals surface area contributed by atoms with Crippen molar-refractivity contribution in [2.24, 2.45) is 7.05 Å². The molecule has 150 valence electrons. The van der Waals surface area contributed by atoms with Crippen LogP contribution in [0.3, 0.4) is 0 Å². The van der Waals surface area contributed by atoms with Gasteiger partial charge in [0.25, 0.3) is 0 Å². The van der Waals surface area contributed by atoms with Gasteiger partial charge in [-0.2, -0.15) is 0 Å². The van der Waals surface area contributed by atoms with Crippen molar-refractivity contribution >= 4 is 5.91 Å². The summed E-state index contributed by atoms with van der Waals surface area (Å²) in [4.78, 5) is 17.5. The number of hydrogen-bond donors (Lipinski definition) is 3. The molecule has 3 atom stereocenters. The number of hydrogen-bond acceptors (Lipinski definition) is 5. The van der Waals surface area contributed by atoms with E-state index in [1.165, 1.54) is 0 Å². The van der Waals surface area contributed by atoms with Crippen LogP contribution in [0.25, 0.3) is 0 Å². The van der Waals surface area contributed by atoms with Gasteiger partial charge >= 0.3 is 0 Å². The molecule has 0 saturated carbocycles. The Morgan fingerprint density at radius 3 is 2.76 bits per heavy atom. The number of carbonyl (C=O) groups excluding carboxylic acids is 1. The van der Waals surface area contributed by atoms with E-state index in [2.05, 4.69) is 33.3 Å². The van der Waals surface area contributed by atoms with Crippen molar-refractivity contribution in [3.05, 3.63) is 83.9 Å². The number of nitrogens with zero attached hydrogens (tertiary/aromatic N) is 2. The van der Waals surface area contributed by atoms with E-state index in [0.29, 0.717) is 6.42 Å². The van der Waals surface area contributed by atoms with Crippen LogP contribution in [0.5, 0.6) is 5.75 Å². The Balaban J connectivity index is 1.53. The first kappa shape index (κ1) is 19.2. The van der Waals surface area contributed by atoms with E-state index < -0.39 is 0 Å². The Labute approximate surface area is 170 Å². The van der Waals surface area contributed by atoms with Gasteiger partial charge in [0.15, 0.2) is 0 Å². The molecule has 1 aromatic heterocycles. The predicted octanol–water partition coefficient (Wildman–Crippen LogP) is 2.24. The molecule has 1 aliphatic heterocycles. The summed E-state index contributed by atoms with van der Waals surface area (Å²) in [5, 5.41) is 3.16. The molecular weight excluding hydrogens is 366 g/mol. The van der Waals surface area contributed by atoms with E-state index in [0.717, 1.165) is 22.7 Å². The van der Waals surface area contributed by atoms with Gasteiger partial charge in [-0.1, -0.05) is 42.5 Å². The lowest BCUT2D eigenvalue weighted by molar-refractivity contribution is -0.123. The Morgan fingerprint density at radius 2 is 2.03 bits per heavy atom. The van der Waals surface area contributed by atoms with Crippen molar-refractivity contribution in [2.45, 2.75) is 24.5 Å². The van der Waals surface area contributed by atoms with Gasteiger partial charge in [-0.15, -0.1) is 0 Å². The lowest BCUT2D eigenvalue weighted by Crippen LogP contribution is -2.45. The van der Waals surface area contributed by atoms with Gasteiger partial charge in [-0.05, 0) is 29.7 Å². The molecule has 0 spiro atoms. The van der Waals surface area contributed by atoms with E-state index in [-0.39, 0.29) is 24.0 Å². The third-order valence-corrected chi connectivity index (χ3v) is 5.25. The first-order valence-corrected chi connectivity index (χ1v) is 9.63. The number of aryl methyl sites for hydroxylation is 1. The van der Waals surface area contributed by atoms with Crippen molar-refractivity contribution in [2.75, 3.05) is 7.11 Å². The number of ether oxygens (including phenoxy) is 1. The molecule has 1 saturated heterocycles. The van der Waals surface area contributed by atoms with Crippen LogP contribution in [-0.4, -0.2) is 28.6 Å². The third-order valence-electron chi connectivity index (χ3n) is 5.25. The van der Waals surface area contributed by atoms with Crippen LogP contribution >= 0.6 is 0 Å². The Morgan fingerprint density at radius 1 is 1.21 bits per heavy atom. The quantitative estimate of drug-likeness (QED) is 0.601. The van der Waals surface area contributed by atoms with E-state index >= 15 is 0 Å². The fraction of sp³-hybridized carbons (Fsp3) is 0.273. The molecule has 0 bridgehead atoms. The first-order valence-electron chi connectivity index (χ1n) is 9.63. The highest BCUT2D eigenvalue weighted by atomic mass is 16.5. The highest BCUT2D eigenvalue weighted by Gasteiger charge is 2.32. The Kier molecular flexibility index (Phi) is 5.59. The smallest absolute Gasteiger partial charge is 0.239 e. The summed E-state index contributed by atoms with van der Waals surface area (Å²) in [6.07, 6.45) is 4.27. The molecule has 0 aliphatic carbocycles. The summed E-state index contributed by atoms with van der Waals surface area (Å²) in [5.74, 6) is 1.42. The summed E-state index contributed by atoms with van der Waals surface area (Å²) in [6, 6.07) is 17.2. The summed E-state index contributed by atoms with van der Waals surface area (Å²) >= 11 is 0. The SMILES string of the molecule is COc1cccc(C(NC(=O)C2CC(c3ccccc3)NN2)c2nccn2C)c1. The second kappa shape index (κ2) is 8.46. The number of rotatable bonds is 6. The number of aromatic nitrogens is 2. The summed E-state index contributed by atoms with van der Waals surface area (Å²) in [7, 11) is 3.55. The number of methoxy groups -OCH3 is 1. The monoisotopic (exact) mass is 391 g/mol. The summed E-state index contributed by atoms with van der Waals surface area (Å²) < 4.78 is 7.27. The number of imidazole rings is 1. The van der Waals surface area contributed by atoms with E-state index in [4.69, 9.17) is 4.74 Å². The molecule has 1 fully saturated rings. The molecule has 7 nitrogen and oxygen atoms in total. The van der Waals surface area contributed by atoms with Gasteiger partial charge in [0.1, 0.15) is 23.7 Å². The largest absolute Gasteiger partial charge is 0.497 e. The number of benzene rings is 2. The summed E-state index contributed by atoms with van der Waals surface area (Å²) in [6.45, 7) is 0. The van der Waals surface area contributed by atoms with Gasteiger partial charge in [0.05, 0.1) is 7.11 Å². The standard InChI is InChI=1S/C22H25N5O2/c1-27-12-11-23-21(27)20(16-9-6-10-17(13-16)29-2)24-22(28)19-14-18(25-26-19)15-7-4-3-5-8-15/h3-13,18-20,25-26H,14H2,1-2H3,(H,24,28). The third kappa shape index (κ3) is 4.16. The predicted molar refractivity (Wildman–Crippen MR) is 110 cm³/mol. The molecule has 3 unspecified atom stereocenters. The van der Waals surface area contributed by atoms with Gasteiger partial charge in [0, 0.05) is 25.5 Å². The van der Waals surface area contributed by atoms with Gasteiger partial charge in [0.2, 0.25) is 5.91 Å². The highest BCUT2D eigenvalue weighted by Crippen LogP contribution is 2.26.